The summed E-state index contributed by atoms with van der Waals surface area (Å²) in [4.78, 5) is 11.0. The monoisotopic (exact) mass is 270 g/mol. The number of benzene rings is 2. The molecule has 0 bridgehead atoms. The van der Waals surface area contributed by atoms with Crippen LogP contribution in [0.2, 0.25) is 0 Å². The molecule has 2 rings (SSSR count). The minimum Gasteiger partial charge on any atom is -0.478 e. The molecule has 2 aromatic carbocycles. The number of nitrogens with two attached hydrogens (primary N) is 1. The molecule has 0 unspecified atom stereocenters. The zero-order valence-corrected chi connectivity index (χ0v) is 11.4. The Kier molecular flexibility index (Phi) is 4.25. The fraction of sp³-hybridized carbons (Fsp3) is 0.188. The summed E-state index contributed by atoms with van der Waals surface area (Å²) >= 11 is 0. The van der Waals surface area contributed by atoms with Crippen LogP contribution in [0.1, 0.15) is 21.5 Å². The third-order valence-corrected chi connectivity index (χ3v) is 3.31. The molecule has 0 radical (unpaired) electrons. The van der Waals surface area contributed by atoms with Gasteiger partial charge in [-0.25, -0.2) is 4.79 Å². The SMILES string of the molecule is Cc1ccccc1CCNc1cccc(C(=O)O)c1N. The van der Waals surface area contributed by atoms with Crippen molar-refractivity contribution in [2.24, 2.45) is 0 Å². The Hall–Kier alpha value is -2.49. The molecular weight excluding hydrogens is 252 g/mol. The zero-order valence-electron chi connectivity index (χ0n) is 11.4. The van der Waals surface area contributed by atoms with E-state index in [2.05, 4.69) is 24.4 Å². The second kappa shape index (κ2) is 6.10. The van der Waals surface area contributed by atoms with E-state index >= 15 is 0 Å². The summed E-state index contributed by atoms with van der Waals surface area (Å²) in [6.07, 6.45) is 0.864. The van der Waals surface area contributed by atoms with Gasteiger partial charge in [-0.15, -0.1) is 0 Å². The number of para-hydroxylation sites is 1. The maximum absolute atomic E-state index is 11.0. The highest BCUT2D eigenvalue weighted by molar-refractivity contribution is 5.97. The van der Waals surface area contributed by atoms with Gasteiger partial charge in [0.2, 0.25) is 0 Å². The third-order valence-electron chi connectivity index (χ3n) is 3.31. The largest absolute Gasteiger partial charge is 0.478 e. The molecule has 104 valence electrons. The maximum atomic E-state index is 11.0. The Morgan fingerprint density at radius 2 is 1.95 bits per heavy atom. The van der Waals surface area contributed by atoms with Gasteiger partial charge >= 0.3 is 5.97 Å². The molecule has 2 aromatic rings. The fourth-order valence-electron chi connectivity index (χ4n) is 2.13. The number of nitrogen functional groups attached to an aromatic ring is 1. The quantitative estimate of drug-likeness (QED) is 0.730. The predicted octanol–water partition coefficient (Wildman–Crippen LogP) is 2.93. The first kappa shape index (κ1) is 13.9. The predicted molar refractivity (Wildman–Crippen MR) is 81.2 cm³/mol. The van der Waals surface area contributed by atoms with E-state index in [1.807, 2.05) is 12.1 Å². The molecule has 0 amide bonds. The standard InChI is InChI=1S/C16H18N2O2/c1-11-5-2-3-6-12(11)9-10-18-14-8-4-7-13(15(14)17)16(19)20/h2-8,18H,9-10,17H2,1H3,(H,19,20). The molecule has 0 fully saturated rings. The van der Waals surface area contributed by atoms with Crippen molar-refractivity contribution in [1.82, 2.24) is 0 Å². The lowest BCUT2D eigenvalue weighted by Gasteiger charge is -2.12. The molecule has 4 nitrogen and oxygen atoms in total. The number of carbonyl (C=O) groups is 1. The van der Waals surface area contributed by atoms with Crippen molar-refractivity contribution in [3.05, 3.63) is 59.2 Å². The Bertz CT molecular complexity index is 624. The summed E-state index contributed by atoms with van der Waals surface area (Å²) in [5, 5.41) is 12.2. The van der Waals surface area contributed by atoms with E-state index in [1.54, 1.807) is 12.1 Å². The summed E-state index contributed by atoms with van der Waals surface area (Å²) in [5.41, 5.74) is 9.45. The van der Waals surface area contributed by atoms with Crippen LogP contribution in [-0.4, -0.2) is 17.6 Å². The van der Waals surface area contributed by atoms with Crippen molar-refractivity contribution in [2.45, 2.75) is 13.3 Å². The lowest BCUT2D eigenvalue weighted by molar-refractivity contribution is 0.0698. The number of anilines is 2. The highest BCUT2D eigenvalue weighted by atomic mass is 16.4. The van der Waals surface area contributed by atoms with Gasteiger partial charge in [0.15, 0.2) is 0 Å². The number of rotatable bonds is 5. The average Bonchev–Trinajstić information content (AvgIpc) is 2.42. The molecule has 0 heterocycles. The van der Waals surface area contributed by atoms with Crippen LogP contribution in [-0.2, 0) is 6.42 Å². The van der Waals surface area contributed by atoms with Crippen molar-refractivity contribution >= 4 is 17.3 Å². The van der Waals surface area contributed by atoms with Gasteiger partial charge in [0, 0.05) is 6.54 Å². The molecule has 4 N–H and O–H groups in total. The molecule has 4 heteroatoms. The highest BCUT2D eigenvalue weighted by Gasteiger charge is 2.10. The molecule has 0 aliphatic heterocycles. The van der Waals surface area contributed by atoms with E-state index in [0.717, 1.165) is 6.42 Å². The van der Waals surface area contributed by atoms with E-state index in [1.165, 1.54) is 17.2 Å². The summed E-state index contributed by atoms with van der Waals surface area (Å²) < 4.78 is 0. The van der Waals surface area contributed by atoms with Gasteiger partial charge < -0.3 is 16.2 Å². The smallest absolute Gasteiger partial charge is 0.337 e. The second-order valence-corrected chi connectivity index (χ2v) is 4.68. The zero-order chi connectivity index (χ0) is 14.5. The molecule has 0 atom stereocenters. The summed E-state index contributed by atoms with van der Waals surface area (Å²) in [6.45, 7) is 2.78. The van der Waals surface area contributed by atoms with Crippen LogP contribution >= 0.6 is 0 Å². The first-order valence-electron chi connectivity index (χ1n) is 6.49. The highest BCUT2D eigenvalue weighted by Crippen LogP contribution is 2.22. The lowest BCUT2D eigenvalue weighted by Crippen LogP contribution is -2.10. The lowest BCUT2D eigenvalue weighted by atomic mass is 10.1. The van der Waals surface area contributed by atoms with Crippen molar-refractivity contribution in [3.63, 3.8) is 0 Å². The van der Waals surface area contributed by atoms with Crippen LogP contribution in [0.4, 0.5) is 11.4 Å². The van der Waals surface area contributed by atoms with E-state index in [-0.39, 0.29) is 11.3 Å². The Balaban J connectivity index is 2.03. The topological polar surface area (TPSA) is 75.3 Å². The number of carboxylic acids is 1. The number of aromatic carboxylic acids is 1. The van der Waals surface area contributed by atoms with E-state index in [0.29, 0.717) is 12.2 Å². The van der Waals surface area contributed by atoms with Crippen molar-refractivity contribution in [2.75, 3.05) is 17.6 Å². The van der Waals surface area contributed by atoms with E-state index in [4.69, 9.17) is 10.8 Å². The van der Waals surface area contributed by atoms with Crippen LogP contribution in [0.3, 0.4) is 0 Å². The molecule has 20 heavy (non-hydrogen) atoms. The summed E-state index contributed by atoms with van der Waals surface area (Å²) in [6, 6.07) is 13.2. The first-order chi connectivity index (χ1) is 9.59. The number of aryl methyl sites for hydroxylation is 1. The Labute approximate surface area is 118 Å². The molecule has 0 spiro atoms. The third kappa shape index (κ3) is 3.09. The average molecular weight is 270 g/mol. The Morgan fingerprint density at radius 3 is 2.65 bits per heavy atom. The van der Waals surface area contributed by atoms with Crippen LogP contribution in [0.5, 0.6) is 0 Å². The van der Waals surface area contributed by atoms with Gasteiger partial charge in [-0.2, -0.15) is 0 Å². The number of carboxylic acid groups (broad SMARTS) is 1. The van der Waals surface area contributed by atoms with Crippen molar-refractivity contribution in [3.8, 4) is 0 Å². The van der Waals surface area contributed by atoms with Crippen molar-refractivity contribution < 1.29 is 9.90 Å². The maximum Gasteiger partial charge on any atom is 0.337 e. The van der Waals surface area contributed by atoms with Gasteiger partial charge in [-0.1, -0.05) is 30.3 Å². The minimum absolute atomic E-state index is 0.130. The van der Waals surface area contributed by atoms with Gasteiger partial charge in [0.1, 0.15) is 0 Å². The fourth-order valence-corrected chi connectivity index (χ4v) is 2.13. The van der Waals surface area contributed by atoms with Crippen molar-refractivity contribution in [1.29, 1.82) is 0 Å². The van der Waals surface area contributed by atoms with Crippen LogP contribution < -0.4 is 11.1 Å². The van der Waals surface area contributed by atoms with Crippen LogP contribution in [0.25, 0.3) is 0 Å². The van der Waals surface area contributed by atoms with Crippen LogP contribution in [0, 0.1) is 6.92 Å². The van der Waals surface area contributed by atoms with Gasteiger partial charge in [-0.05, 0) is 36.6 Å². The minimum atomic E-state index is -1.01. The molecule has 0 aromatic heterocycles. The molecule has 0 aliphatic rings. The second-order valence-electron chi connectivity index (χ2n) is 4.68. The summed E-state index contributed by atoms with van der Waals surface area (Å²) in [5.74, 6) is -1.01. The molecule has 0 saturated carbocycles. The van der Waals surface area contributed by atoms with E-state index in [9.17, 15) is 4.79 Å². The number of hydrogen-bond acceptors (Lipinski definition) is 3. The Morgan fingerprint density at radius 1 is 1.20 bits per heavy atom. The van der Waals surface area contributed by atoms with E-state index < -0.39 is 5.97 Å². The summed E-state index contributed by atoms with van der Waals surface area (Å²) in [7, 11) is 0. The molecule has 0 saturated heterocycles. The molecular formula is C16H18N2O2. The van der Waals surface area contributed by atoms with Gasteiger partial charge in [-0.3, -0.25) is 0 Å². The number of hydrogen-bond donors (Lipinski definition) is 3. The van der Waals surface area contributed by atoms with Gasteiger partial charge in [0.25, 0.3) is 0 Å². The normalized spacial score (nSPS) is 10.2. The molecule has 0 aliphatic carbocycles. The first-order valence-corrected chi connectivity index (χ1v) is 6.49. The van der Waals surface area contributed by atoms with Crippen LogP contribution in [0.15, 0.2) is 42.5 Å². The number of nitrogens with one attached hydrogen (secondary N) is 1. The van der Waals surface area contributed by atoms with Gasteiger partial charge in [0.05, 0.1) is 16.9 Å².